The van der Waals surface area contributed by atoms with Crippen LogP contribution in [0.25, 0.3) is 0 Å². The first-order chi connectivity index (χ1) is 8.03. The second kappa shape index (κ2) is 4.94. The van der Waals surface area contributed by atoms with Gasteiger partial charge in [0.25, 0.3) is 6.10 Å². The van der Waals surface area contributed by atoms with Crippen LogP contribution in [0, 0.1) is 6.92 Å². The summed E-state index contributed by atoms with van der Waals surface area (Å²) in [7, 11) is 0. The topological polar surface area (TPSA) is 22.1 Å². The van der Waals surface area contributed by atoms with Gasteiger partial charge in [-0.05, 0) is 34.5 Å². The van der Waals surface area contributed by atoms with Crippen LogP contribution in [0.3, 0.4) is 0 Å². The van der Waals surface area contributed by atoms with E-state index in [4.69, 9.17) is 0 Å². The van der Waals surface area contributed by atoms with E-state index in [0.717, 1.165) is 6.20 Å². The van der Waals surface area contributed by atoms with Crippen molar-refractivity contribution in [1.29, 1.82) is 0 Å². The Kier molecular flexibility index (Phi) is 4.14. The lowest BCUT2D eigenvalue weighted by molar-refractivity contribution is -0.300. The predicted octanol–water partition coefficient (Wildman–Crippen LogP) is 4.02. The molecular formula is C9H6BrF6NO. The smallest absolute Gasteiger partial charge is 0.434 e. The number of nitrogens with zero attached hydrogens (tertiary/aromatic N) is 1. The summed E-state index contributed by atoms with van der Waals surface area (Å²) in [6.45, 7) is 1.48. The number of halogens is 7. The average Bonchev–Trinajstić information content (AvgIpc) is 2.16. The highest BCUT2D eigenvalue weighted by molar-refractivity contribution is 9.10. The fourth-order valence-corrected chi connectivity index (χ4v) is 1.36. The standard InChI is InChI=1S/C9H6BrF6NO/c1-4-2-3-17-6(5(4)10)18-7(8(11,12)13)9(14,15)16/h2-3,7H,1H3. The number of ether oxygens (including phenoxy) is 1. The van der Waals surface area contributed by atoms with E-state index in [9.17, 15) is 26.3 Å². The number of pyridine rings is 1. The third-order valence-electron chi connectivity index (χ3n) is 1.87. The van der Waals surface area contributed by atoms with Gasteiger partial charge in [0.2, 0.25) is 5.88 Å². The number of hydrogen-bond donors (Lipinski definition) is 0. The lowest BCUT2D eigenvalue weighted by Gasteiger charge is -2.23. The van der Waals surface area contributed by atoms with Crippen LogP contribution in [0.4, 0.5) is 26.3 Å². The fraction of sp³-hybridized carbons (Fsp3) is 0.444. The van der Waals surface area contributed by atoms with Crippen LogP contribution in [0.5, 0.6) is 5.88 Å². The molecule has 1 rings (SSSR count). The molecule has 0 N–H and O–H groups in total. The first-order valence-electron chi connectivity index (χ1n) is 4.44. The minimum atomic E-state index is -5.57. The molecule has 0 aliphatic carbocycles. The molecule has 1 heterocycles. The molecule has 2 nitrogen and oxygen atoms in total. The van der Waals surface area contributed by atoms with Crippen molar-refractivity contribution < 1.29 is 31.1 Å². The van der Waals surface area contributed by atoms with Crippen molar-refractivity contribution in [3.05, 3.63) is 22.3 Å². The van der Waals surface area contributed by atoms with Gasteiger partial charge in [0.15, 0.2) is 0 Å². The van der Waals surface area contributed by atoms with Crippen molar-refractivity contribution in [2.45, 2.75) is 25.4 Å². The molecule has 0 amide bonds. The van der Waals surface area contributed by atoms with Crippen molar-refractivity contribution in [1.82, 2.24) is 4.98 Å². The minimum absolute atomic E-state index is 0.0523. The Morgan fingerprint density at radius 2 is 1.67 bits per heavy atom. The number of rotatable bonds is 2. The molecule has 0 saturated heterocycles. The fourth-order valence-electron chi connectivity index (χ4n) is 1.03. The van der Waals surface area contributed by atoms with E-state index < -0.39 is 24.3 Å². The maximum Gasteiger partial charge on any atom is 0.434 e. The quantitative estimate of drug-likeness (QED) is 0.760. The van der Waals surface area contributed by atoms with Gasteiger partial charge in [-0.1, -0.05) is 0 Å². The van der Waals surface area contributed by atoms with Crippen LogP contribution in [-0.4, -0.2) is 23.4 Å². The highest BCUT2D eigenvalue weighted by Crippen LogP contribution is 2.38. The number of aryl methyl sites for hydroxylation is 1. The first-order valence-corrected chi connectivity index (χ1v) is 5.24. The van der Waals surface area contributed by atoms with E-state index in [1.165, 1.54) is 13.0 Å². The summed E-state index contributed by atoms with van der Waals surface area (Å²) in [5, 5.41) is 0. The van der Waals surface area contributed by atoms with Crippen molar-refractivity contribution in [2.24, 2.45) is 0 Å². The summed E-state index contributed by atoms with van der Waals surface area (Å²) in [6.07, 6.45) is -14.0. The Morgan fingerprint density at radius 1 is 1.17 bits per heavy atom. The molecule has 0 atom stereocenters. The zero-order valence-corrected chi connectivity index (χ0v) is 10.3. The maximum atomic E-state index is 12.2. The zero-order chi connectivity index (χ0) is 14.1. The van der Waals surface area contributed by atoms with Crippen LogP contribution in [0.15, 0.2) is 16.7 Å². The van der Waals surface area contributed by atoms with Gasteiger partial charge in [-0.2, -0.15) is 26.3 Å². The second-order valence-corrected chi connectivity index (χ2v) is 4.12. The second-order valence-electron chi connectivity index (χ2n) is 3.33. The molecule has 1 aromatic heterocycles. The molecule has 0 radical (unpaired) electrons. The number of hydrogen-bond acceptors (Lipinski definition) is 2. The summed E-state index contributed by atoms with van der Waals surface area (Å²) in [5.74, 6) is -0.755. The largest absolute Gasteiger partial charge is 0.454 e. The molecule has 0 fully saturated rings. The normalized spacial score (nSPS) is 12.9. The Balaban J connectivity index is 3.09. The van der Waals surface area contributed by atoms with Gasteiger partial charge < -0.3 is 4.74 Å². The SMILES string of the molecule is Cc1ccnc(OC(C(F)(F)F)C(F)(F)F)c1Br. The Morgan fingerprint density at radius 3 is 2.11 bits per heavy atom. The van der Waals surface area contributed by atoms with Crippen molar-refractivity contribution in [3.63, 3.8) is 0 Å². The summed E-state index contributed by atoms with van der Waals surface area (Å²) in [6, 6.07) is 1.41. The van der Waals surface area contributed by atoms with E-state index in [2.05, 4.69) is 25.7 Å². The molecule has 1 aromatic rings. The van der Waals surface area contributed by atoms with E-state index in [1.54, 1.807) is 0 Å². The van der Waals surface area contributed by atoms with E-state index in [1.807, 2.05) is 0 Å². The van der Waals surface area contributed by atoms with Crippen LogP contribution in [-0.2, 0) is 0 Å². The third kappa shape index (κ3) is 3.50. The van der Waals surface area contributed by atoms with Crippen molar-refractivity contribution in [2.75, 3.05) is 0 Å². The zero-order valence-electron chi connectivity index (χ0n) is 8.73. The summed E-state index contributed by atoms with van der Waals surface area (Å²) in [5.41, 5.74) is 0.406. The average molecular weight is 338 g/mol. The monoisotopic (exact) mass is 337 g/mol. The van der Waals surface area contributed by atoms with Gasteiger partial charge in [-0.15, -0.1) is 0 Å². The van der Waals surface area contributed by atoms with Gasteiger partial charge in [-0.3, -0.25) is 0 Å². The lowest BCUT2D eigenvalue weighted by atomic mass is 10.3. The molecule has 0 bridgehead atoms. The maximum absolute atomic E-state index is 12.2. The Hall–Kier alpha value is -0.990. The van der Waals surface area contributed by atoms with Crippen LogP contribution >= 0.6 is 15.9 Å². The van der Waals surface area contributed by atoms with E-state index in [0.29, 0.717) is 5.56 Å². The highest BCUT2D eigenvalue weighted by atomic mass is 79.9. The van der Waals surface area contributed by atoms with Crippen LogP contribution in [0.1, 0.15) is 5.56 Å². The molecular weight excluding hydrogens is 332 g/mol. The van der Waals surface area contributed by atoms with Gasteiger partial charge in [-0.25, -0.2) is 4.98 Å². The van der Waals surface area contributed by atoms with Gasteiger partial charge in [0.1, 0.15) is 0 Å². The van der Waals surface area contributed by atoms with Gasteiger partial charge >= 0.3 is 12.4 Å². The third-order valence-corrected chi connectivity index (χ3v) is 2.84. The van der Waals surface area contributed by atoms with Crippen molar-refractivity contribution >= 4 is 15.9 Å². The Bertz CT molecular complexity index is 416. The molecule has 0 aliphatic heterocycles. The van der Waals surface area contributed by atoms with Gasteiger partial charge in [0, 0.05) is 6.20 Å². The highest BCUT2D eigenvalue weighted by Gasteiger charge is 2.59. The van der Waals surface area contributed by atoms with Gasteiger partial charge in [0.05, 0.1) is 4.47 Å². The van der Waals surface area contributed by atoms with E-state index >= 15 is 0 Å². The van der Waals surface area contributed by atoms with Crippen molar-refractivity contribution in [3.8, 4) is 5.88 Å². The molecule has 0 aromatic carbocycles. The summed E-state index contributed by atoms with van der Waals surface area (Å²) >= 11 is 2.82. The molecule has 0 aliphatic rings. The Labute approximate surface area is 106 Å². The van der Waals surface area contributed by atoms with Crippen LogP contribution in [0.2, 0.25) is 0 Å². The van der Waals surface area contributed by atoms with Crippen LogP contribution < -0.4 is 4.74 Å². The molecule has 18 heavy (non-hydrogen) atoms. The number of aromatic nitrogens is 1. The predicted molar refractivity (Wildman–Crippen MR) is 53.2 cm³/mol. The molecule has 0 unspecified atom stereocenters. The summed E-state index contributed by atoms with van der Waals surface area (Å²) < 4.78 is 77.4. The molecule has 102 valence electrons. The number of alkyl halides is 6. The molecule has 0 saturated carbocycles. The van der Waals surface area contributed by atoms with E-state index in [-0.39, 0.29) is 4.47 Å². The lowest BCUT2D eigenvalue weighted by Crippen LogP contribution is -2.46. The minimum Gasteiger partial charge on any atom is -0.454 e. The molecule has 0 spiro atoms. The summed E-state index contributed by atoms with van der Waals surface area (Å²) in [4.78, 5) is 3.34. The molecule has 9 heteroatoms. The first kappa shape index (κ1) is 15.1.